The molecule has 1 aromatic rings. The molecule has 2 fully saturated rings. The number of ether oxygens (including phenoxy) is 2. The van der Waals surface area contributed by atoms with Crippen LogP contribution in [0.5, 0.6) is 0 Å². The molecule has 2 heteroatoms. The van der Waals surface area contributed by atoms with E-state index in [4.69, 9.17) is 9.47 Å². The van der Waals surface area contributed by atoms with Crippen LogP contribution in [0, 0.1) is 6.92 Å². The molecule has 2 aliphatic rings. The molecule has 0 bridgehead atoms. The van der Waals surface area contributed by atoms with Gasteiger partial charge >= 0.3 is 0 Å². The fourth-order valence-electron chi connectivity index (χ4n) is 3.15. The molecule has 97 valence electrons. The average molecular weight is 245 g/mol. The van der Waals surface area contributed by atoms with Crippen LogP contribution in [0.2, 0.25) is 0 Å². The first kappa shape index (κ1) is 12.2. The molecule has 0 amide bonds. The topological polar surface area (TPSA) is 18.5 Å². The highest BCUT2D eigenvalue weighted by Crippen LogP contribution is 2.43. The number of hydrogen-bond donors (Lipinski definition) is 0. The van der Waals surface area contributed by atoms with Gasteiger partial charge in [-0.15, -0.1) is 0 Å². The molecule has 1 radical (unpaired) electrons. The minimum Gasteiger partial charge on any atom is -0.344 e. The lowest BCUT2D eigenvalue weighted by Gasteiger charge is -2.22. The standard InChI is InChI=1S/C16H21O2/c1-2-14-15(12-13-8-4-3-5-9-13)18-16(17-14)10-6-7-11-16/h3-5,8-9,14-15H,1-2,6-7,10-12H2. The van der Waals surface area contributed by atoms with E-state index >= 15 is 0 Å². The van der Waals surface area contributed by atoms with Crippen molar-refractivity contribution in [1.29, 1.82) is 0 Å². The molecule has 1 aromatic carbocycles. The Morgan fingerprint density at radius 3 is 2.39 bits per heavy atom. The fourth-order valence-corrected chi connectivity index (χ4v) is 3.15. The molecule has 1 aliphatic carbocycles. The predicted octanol–water partition coefficient (Wildman–Crippen LogP) is 3.51. The number of rotatable bonds is 3. The third-order valence-electron chi connectivity index (χ3n) is 4.08. The van der Waals surface area contributed by atoms with Crippen molar-refractivity contribution in [2.75, 3.05) is 0 Å². The van der Waals surface area contributed by atoms with Crippen molar-refractivity contribution in [2.45, 2.75) is 56.5 Å². The molecule has 1 saturated heterocycles. The lowest BCUT2D eigenvalue weighted by molar-refractivity contribution is -0.168. The Kier molecular flexibility index (Phi) is 3.40. The SMILES string of the molecule is [CH2]CC1OC2(CCCC2)OC1Cc1ccccc1. The number of benzene rings is 1. The Balaban J connectivity index is 1.71. The molecule has 1 heterocycles. The van der Waals surface area contributed by atoms with Crippen molar-refractivity contribution in [2.24, 2.45) is 0 Å². The summed E-state index contributed by atoms with van der Waals surface area (Å²) in [6.07, 6.45) is 6.60. The second-order valence-electron chi connectivity index (χ2n) is 5.41. The Morgan fingerprint density at radius 1 is 1.06 bits per heavy atom. The Morgan fingerprint density at radius 2 is 1.72 bits per heavy atom. The van der Waals surface area contributed by atoms with E-state index < -0.39 is 0 Å². The maximum atomic E-state index is 6.26. The third-order valence-corrected chi connectivity index (χ3v) is 4.08. The normalized spacial score (nSPS) is 30.1. The van der Waals surface area contributed by atoms with Crippen molar-refractivity contribution in [3.8, 4) is 0 Å². The highest BCUT2D eigenvalue weighted by atomic mass is 16.8. The van der Waals surface area contributed by atoms with E-state index in [0.717, 1.165) is 25.7 Å². The summed E-state index contributed by atoms with van der Waals surface area (Å²) in [7, 11) is 0. The summed E-state index contributed by atoms with van der Waals surface area (Å²) in [6.45, 7) is 4.01. The van der Waals surface area contributed by atoms with Crippen molar-refractivity contribution in [3.05, 3.63) is 42.8 Å². The van der Waals surface area contributed by atoms with Gasteiger partial charge in [0.15, 0.2) is 5.79 Å². The second-order valence-corrected chi connectivity index (χ2v) is 5.41. The smallest absolute Gasteiger partial charge is 0.169 e. The lowest BCUT2D eigenvalue weighted by Crippen LogP contribution is -2.27. The van der Waals surface area contributed by atoms with E-state index in [-0.39, 0.29) is 18.0 Å². The van der Waals surface area contributed by atoms with Crippen LogP contribution >= 0.6 is 0 Å². The van der Waals surface area contributed by atoms with Crippen LogP contribution in [0.1, 0.15) is 37.7 Å². The average Bonchev–Trinajstić information content (AvgIpc) is 2.99. The Bertz CT molecular complexity index is 381. The van der Waals surface area contributed by atoms with Gasteiger partial charge in [0, 0.05) is 19.3 Å². The molecule has 0 aromatic heterocycles. The maximum Gasteiger partial charge on any atom is 0.169 e. The van der Waals surface area contributed by atoms with Gasteiger partial charge in [0.1, 0.15) is 0 Å². The molecule has 3 rings (SSSR count). The maximum absolute atomic E-state index is 6.26. The zero-order chi connectivity index (χ0) is 12.4. The first-order chi connectivity index (χ1) is 8.81. The van der Waals surface area contributed by atoms with Gasteiger partial charge in [0.05, 0.1) is 12.2 Å². The van der Waals surface area contributed by atoms with Crippen LogP contribution in [0.3, 0.4) is 0 Å². The van der Waals surface area contributed by atoms with Crippen LogP contribution in [0.15, 0.2) is 30.3 Å². The molecule has 2 unspecified atom stereocenters. The molecule has 2 nitrogen and oxygen atoms in total. The monoisotopic (exact) mass is 245 g/mol. The van der Waals surface area contributed by atoms with E-state index in [1.165, 1.54) is 18.4 Å². The van der Waals surface area contributed by atoms with E-state index in [0.29, 0.717) is 0 Å². The molecule has 1 aliphatic heterocycles. The van der Waals surface area contributed by atoms with Gasteiger partial charge in [-0.3, -0.25) is 0 Å². The van der Waals surface area contributed by atoms with Gasteiger partial charge in [0.2, 0.25) is 0 Å². The quantitative estimate of drug-likeness (QED) is 0.811. The van der Waals surface area contributed by atoms with Gasteiger partial charge in [0.25, 0.3) is 0 Å². The first-order valence-electron chi connectivity index (χ1n) is 7.00. The van der Waals surface area contributed by atoms with E-state index in [1.807, 2.05) is 6.07 Å². The van der Waals surface area contributed by atoms with Crippen molar-refractivity contribution in [3.63, 3.8) is 0 Å². The summed E-state index contributed by atoms with van der Waals surface area (Å²) in [5.74, 6) is -0.276. The lowest BCUT2D eigenvalue weighted by atomic mass is 10.0. The summed E-state index contributed by atoms with van der Waals surface area (Å²) < 4.78 is 12.4. The molecular formula is C16H21O2. The summed E-state index contributed by atoms with van der Waals surface area (Å²) in [4.78, 5) is 0. The molecule has 1 saturated carbocycles. The van der Waals surface area contributed by atoms with Crippen LogP contribution in [0.25, 0.3) is 0 Å². The zero-order valence-corrected chi connectivity index (χ0v) is 10.8. The highest BCUT2D eigenvalue weighted by molar-refractivity contribution is 5.16. The van der Waals surface area contributed by atoms with Gasteiger partial charge < -0.3 is 9.47 Å². The Hall–Kier alpha value is -0.860. The van der Waals surface area contributed by atoms with Crippen LogP contribution in [-0.4, -0.2) is 18.0 Å². The minimum atomic E-state index is -0.276. The van der Waals surface area contributed by atoms with Crippen LogP contribution < -0.4 is 0 Å². The van der Waals surface area contributed by atoms with Crippen molar-refractivity contribution >= 4 is 0 Å². The first-order valence-corrected chi connectivity index (χ1v) is 7.00. The summed E-state index contributed by atoms with van der Waals surface area (Å²) in [5.41, 5.74) is 1.32. The molecule has 1 spiro atoms. The predicted molar refractivity (Wildman–Crippen MR) is 71.1 cm³/mol. The van der Waals surface area contributed by atoms with E-state index in [1.54, 1.807) is 0 Å². The third kappa shape index (κ3) is 2.32. The van der Waals surface area contributed by atoms with Gasteiger partial charge in [-0.25, -0.2) is 0 Å². The zero-order valence-electron chi connectivity index (χ0n) is 10.8. The second kappa shape index (κ2) is 5.02. The van der Waals surface area contributed by atoms with Crippen LogP contribution in [-0.2, 0) is 15.9 Å². The van der Waals surface area contributed by atoms with Gasteiger partial charge in [-0.2, -0.15) is 0 Å². The minimum absolute atomic E-state index is 0.156. The largest absolute Gasteiger partial charge is 0.344 e. The summed E-state index contributed by atoms with van der Waals surface area (Å²) in [6, 6.07) is 10.5. The van der Waals surface area contributed by atoms with E-state index in [2.05, 4.69) is 31.2 Å². The van der Waals surface area contributed by atoms with Gasteiger partial charge in [-0.1, -0.05) is 37.3 Å². The molecule has 2 atom stereocenters. The van der Waals surface area contributed by atoms with Crippen molar-refractivity contribution < 1.29 is 9.47 Å². The molecule has 18 heavy (non-hydrogen) atoms. The Labute approximate surface area is 109 Å². The molecule has 0 N–H and O–H groups in total. The van der Waals surface area contributed by atoms with Gasteiger partial charge in [-0.05, 0) is 24.8 Å². The number of hydrogen-bond acceptors (Lipinski definition) is 2. The van der Waals surface area contributed by atoms with Crippen LogP contribution in [0.4, 0.5) is 0 Å². The van der Waals surface area contributed by atoms with E-state index in [9.17, 15) is 0 Å². The highest BCUT2D eigenvalue weighted by Gasteiger charge is 2.48. The summed E-state index contributed by atoms with van der Waals surface area (Å²) >= 11 is 0. The fraction of sp³-hybridized carbons (Fsp3) is 0.562. The van der Waals surface area contributed by atoms with Crippen molar-refractivity contribution in [1.82, 2.24) is 0 Å². The molecular weight excluding hydrogens is 224 g/mol. The summed E-state index contributed by atoms with van der Waals surface area (Å²) in [5, 5.41) is 0.